The summed E-state index contributed by atoms with van der Waals surface area (Å²) < 4.78 is 0.886. The van der Waals surface area contributed by atoms with Gasteiger partial charge in [0.25, 0.3) is 0 Å². The van der Waals surface area contributed by atoms with E-state index >= 15 is 0 Å². The first-order valence-corrected chi connectivity index (χ1v) is 7.87. The lowest BCUT2D eigenvalue weighted by Gasteiger charge is -2.19. The fourth-order valence-electron chi connectivity index (χ4n) is 1.41. The molecule has 0 atom stereocenters. The molecule has 0 unspecified atom stereocenters. The van der Waals surface area contributed by atoms with Gasteiger partial charge in [0.05, 0.1) is 11.6 Å². The second kappa shape index (κ2) is 5.87. The van der Waals surface area contributed by atoms with E-state index in [4.69, 9.17) is 11.6 Å². The third-order valence-electron chi connectivity index (χ3n) is 2.40. The van der Waals surface area contributed by atoms with E-state index in [1.54, 1.807) is 11.3 Å². The summed E-state index contributed by atoms with van der Waals surface area (Å²) in [6.07, 6.45) is 0. The Morgan fingerprint density at radius 1 is 1.32 bits per heavy atom. The lowest BCUT2D eigenvalue weighted by Crippen LogP contribution is -2.35. The number of halogens is 2. The van der Waals surface area contributed by atoms with E-state index in [9.17, 15) is 0 Å². The third kappa shape index (κ3) is 4.24. The normalized spacial score (nSPS) is 11.8. The number of nitrogens with one attached hydrogen (secondary N) is 1. The van der Waals surface area contributed by atoms with Crippen molar-refractivity contribution in [2.75, 3.05) is 0 Å². The summed E-state index contributed by atoms with van der Waals surface area (Å²) in [5.74, 6) is 0. The highest BCUT2D eigenvalue weighted by Gasteiger charge is 2.12. The predicted molar refractivity (Wildman–Crippen MR) is 84.6 cm³/mol. The van der Waals surface area contributed by atoms with Gasteiger partial charge in [-0.25, -0.2) is 0 Å². The fraction of sp³-hybridized carbons (Fsp3) is 0.385. The quantitative estimate of drug-likeness (QED) is 0.875. The summed E-state index contributed by atoms with van der Waals surface area (Å²) in [4.78, 5) is 0. The van der Waals surface area contributed by atoms with Crippen LogP contribution in [-0.4, -0.2) is 15.7 Å². The molecule has 0 saturated heterocycles. The Hall–Kier alpha value is -0.490. The molecule has 0 aliphatic carbocycles. The molecule has 2 rings (SSSR count). The molecule has 1 heterocycles. The summed E-state index contributed by atoms with van der Waals surface area (Å²) in [7, 11) is 0. The van der Waals surface area contributed by atoms with Crippen molar-refractivity contribution in [2.45, 2.75) is 32.9 Å². The average Bonchev–Trinajstić information content (AvgIpc) is 2.78. The van der Waals surface area contributed by atoms with Gasteiger partial charge in [-0.2, -0.15) is 0 Å². The average molecular weight is 361 g/mol. The molecule has 0 fully saturated rings. The minimum Gasteiger partial charge on any atom is -0.306 e. The van der Waals surface area contributed by atoms with Gasteiger partial charge >= 0.3 is 0 Å². The highest BCUT2D eigenvalue weighted by atomic mass is 79.9. The molecule has 0 radical (unpaired) electrons. The van der Waals surface area contributed by atoms with Crippen LogP contribution in [-0.2, 0) is 6.54 Å². The highest BCUT2D eigenvalue weighted by molar-refractivity contribution is 9.10. The van der Waals surface area contributed by atoms with Crippen molar-refractivity contribution in [3.8, 4) is 10.6 Å². The lowest BCUT2D eigenvalue weighted by atomic mass is 10.1. The minimum absolute atomic E-state index is 0.0761. The molecule has 102 valence electrons. The van der Waals surface area contributed by atoms with Crippen LogP contribution in [0.3, 0.4) is 0 Å². The Bertz CT molecular complexity index is 578. The number of aromatic nitrogens is 2. The molecule has 0 spiro atoms. The number of benzene rings is 1. The molecule has 0 amide bonds. The topological polar surface area (TPSA) is 37.8 Å². The fourth-order valence-corrected chi connectivity index (χ4v) is 2.61. The second-order valence-corrected chi connectivity index (χ2v) is 7.56. The summed E-state index contributed by atoms with van der Waals surface area (Å²) >= 11 is 11.1. The van der Waals surface area contributed by atoms with Crippen molar-refractivity contribution in [1.82, 2.24) is 15.5 Å². The first kappa shape index (κ1) is 14.9. The number of nitrogens with zero attached hydrogens (tertiary/aromatic N) is 2. The van der Waals surface area contributed by atoms with Crippen LogP contribution in [0.25, 0.3) is 10.6 Å². The third-order valence-corrected chi connectivity index (χ3v) is 4.61. The smallest absolute Gasteiger partial charge is 0.147 e. The van der Waals surface area contributed by atoms with Crippen LogP contribution in [0.1, 0.15) is 25.8 Å². The van der Waals surface area contributed by atoms with Crippen molar-refractivity contribution in [3.63, 3.8) is 0 Å². The molecule has 2 aromatic rings. The largest absolute Gasteiger partial charge is 0.306 e. The van der Waals surface area contributed by atoms with E-state index in [-0.39, 0.29) is 5.54 Å². The molecule has 3 nitrogen and oxygen atoms in total. The van der Waals surface area contributed by atoms with Gasteiger partial charge in [-0.05, 0) is 48.8 Å². The lowest BCUT2D eigenvalue weighted by molar-refractivity contribution is 0.423. The van der Waals surface area contributed by atoms with Gasteiger partial charge in [0.15, 0.2) is 0 Å². The van der Waals surface area contributed by atoms with Crippen LogP contribution in [0.4, 0.5) is 0 Å². The molecule has 0 aliphatic heterocycles. The standard InChI is InChI=1S/C13H15BrClN3S/c1-13(2,3)16-7-11-17-18-12(19-11)8-4-5-9(14)10(15)6-8/h4-6,16H,7H2,1-3H3. The highest BCUT2D eigenvalue weighted by Crippen LogP contribution is 2.30. The van der Waals surface area contributed by atoms with Gasteiger partial charge in [0, 0.05) is 15.6 Å². The van der Waals surface area contributed by atoms with Gasteiger partial charge in [0.1, 0.15) is 10.0 Å². The summed E-state index contributed by atoms with van der Waals surface area (Å²) in [5.41, 5.74) is 1.07. The van der Waals surface area contributed by atoms with Crippen LogP contribution >= 0.6 is 38.9 Å². The summed E-state index contributed by atoms with van der Waals surface area (Å²) in [5, 5.41) is 14.4. The van der Waals surface area contributed by atoms with Crippen LogP contribution in [0.15, 0.2) is 22.7 Å². The molecule has 1 N–H and O–H groups in total. The predicted octanol–water partition coefficient (Wildman–Crippen LogP) is 4.51. The molecule has 6 heteroatoms. The van der Waals surface area contributed by atoms with Crippen LogP contribution in [0, 0.1) is 0 Å². The Balaban J connectivity index is 2.14. The zero-order chi connectivity index (χ0) is 14.0. The Labute approximate surface area is 130 Å². The maximum Gasteiger partial charge on any atom is 0.147 e. The second-order valence-electron chi connectivity index (χ2n) is 5.23. The Morgan fingerprint density at radius 2 is 2.05 bits per heavy atom. The van der Waals surface area contributed by atoms with Crippen molar-refractivity contribution in [2.24, 2.45) is 0 Å². The zero-order valence-corrected chi connectivity index (χ0v) is 14.2. The van der Waals surface area contributed by atoms with Gasteiger partial charge in [0.2, 0.25) is 0 Å². The molecular formula is C13H15BrClN3S. The molecule has 0 bridgehead atoms. The SMILES string of the molecule is CC(C)(C)NCc1nnc(-c2ccc(Br)c(Cl)c2)s1. The first-order chi connectivity index (χ1) is 8.85. The van der Waals surface area contributed by atoms with Gasteiger partial charge in [-0.3, -0.25) is 0 Å². The Morgan fingerprint density at radius 3 is 2.68 bits per heavy atom. The monoisotopic (exact) mass is 359 g/mol. The van der Waals surface area contributed by atoms with Crippen LogP contribution in [0.2, 0.25) is 5.02 Å². The number of rotatable bonds is 3. The maximum absolute atomic E-state index is 6.09. The molecule has 19 heavy (non-hydrogen) atoms. The van der Waals surface area contributed by atoms with E-state index in [1.165, 1.54) is 0 Å². The van der Waals surface area contributed by atoms with Crippen molar-refractivity contribution >= 4 is 38.9 Å². The molecule has 1 aromatic heterocycles. The van der Waals surface area contributed by atoms with Crippen LogP contribution < -0.4 is 5.32 Å². The number of hydrogen-bond donors (Lipinski definition) is 1. The van der Waals surface area contributed by atoms with Crippen LogP contribution in [0.5, 0.6) is 0 Å². The van der Waals surface area contributed by atoms with Gasteiger partial charge in [-0.15, -0.1) is 10.2 Å². The van der Waals surface area contributed by atoms with Gasteiger partial charge in [-0.1, -0.05) is 29.0 Å². The molecule has 0 aliphatic rings. The molecule has 1 aromatic carbocycles. The Kier molecular flexibility index (Phi) is 4.61. The zero-order valence-electron chi connectivity index (χ0n) is 11.0. The van der Waals surface area contributed by atoms with Crippen molar-refractivity contribution in [3.05, 3.63) is 32.7 Å². The molecular weight excluding hydrogens is 346 g/mol. The van der Waals surface area contributed by atoms with E-state index in [2.05, 4.69) is 52.2 Å². The van der Waals surface area contributed by atoms with E-state index < -0.39 is 0 Å². The van der Waals surface area contributed by atoms with Crippen molar-refractivity contribution in [1.29, 1.82) is 0 Å². The molecule has 0 saturated carbocycles. The summed E-state index contributed by atoms with van der Waals surface area (Å²) in [6, 6.07) is 5.80. The minimum atomic E-state index is 0.0761. The van der Waals surface area contributed by atoms with Crippen molar-refractivity contribution < 1.29 is 0 Å². The maximum atomic E-state index is 6.09. The van der Waals surface area contributed by atoms with Gasteiger partial charge < -0.3 is 5.32 Å². The van der Waals surface area contributed by atoms with E-state index in [0.29, 0.717) is 5.02 Å². The summed E-state index contributed by atoms with van der Waals surface area (Å²) in [6.45, 7) is 7.11. The van der Waals surface area contributed by atoms with E-state index in [1.807, 2.05) is 18.2 Å². The number of hydrogen-bond acceptors (Lipinski definition) is 4. The van der Waals surface area contributed by atoms with E-state index in [0.717, 1.165) is 26.6 Å². The first-order valence-electron chi connectivity index (χ1n) is 5.88.